The summed E-state index contributed by atoms with van der Waals surface area (Å²) >= 11 is 0. The molecule has 1 aliphatic rings. The summed E-state index contributed by atoms with van der Waals surface area (Å²) in [6.07, 6.45) is 0. The topological polar surface area (TPSA) is 67.2 Å². The van der Waals surface area contributed by atoms with Gasteiger partial charge in [-0.1, -0.05) is 13.8 Å². The molecule has 1 fully saturated rings. The Balaban J connectivity index is 2.26. The van der Waals surface area contributed by atoms with Gasteiger partial charge in [0.15, 0.2) is 0 Å². The third-order valence-electron chi connectivity index (χ3n) is 2.15. The van der Waals surface area contributed by atoms with Crippen molar-refractivity contribution in [2.45, 2.75) is 25.9 Å². The predicted octanol–water partition coefficient (Wildman–Crippen LogP) is -0.942. The van der Waals surface area contributed by atoms with Crippen molar-refractivity contribution in [2.24, 2.45) is 11.7 Å². The molecule has 1 saturated heterocycles. The van der Waals surface area contributed by atoms with E-state index in [-0.39, 0.29) is 17.9 Å². The molecule has 0 bridgehead atoms. The minimum Gasteiger partial charge on any atom is -0.349 e. The van der Waals surface area contributed by atoms with E-state index in [0.29, 0.717) is 6.04 Å². The van der Waals surface area contributed by atoms with Crippen molar-refractivity contribution >= 4 is 5.91 Å². The Morgan fingerprint density at radius 1 is 1.58 bits per heavy atom. The van der Waals surface area contributed by atoms with E-state index in [1.165, 1.54) is 0 Å². The molecule has 1 aliphatic heterocycles. The molecule has 0 aromatic carbocycles. The first kappa shape index (κ1) is 9.48. The molecule has 0 spiro atoms. The van der Waals surface area contributed by atoms with Gasteiger partial charge in [-0.15, -0.1) is 0 Å². The largest absolute Gasteiger partial charge is 0.349 e. The van der Waals surface area contributed by atoms with E-state index in [9.17, 15) is 4.79 Å². The molecule has 1 amide bonds. The molecule has 0 radical (unpaired) electrons. The van der Waals surface area contributed by atoms with Crippen LogP contribution in [0.4, 0.5) is 0 Å². The van der Waals surface area contributed by atoms with Crippen LogP contribution >= 0.6 is 0 Å². The second kappa shape index (κ2) is 3.87. The summed E-state index contributed by atoms with van der Waals surface area (Å²) in [4.78, 5) is 11.3. The standard InChI is InChI=1S/C8H17N3O/c1-5(2)7(9)8(12)11-6-3-10-4-6/h5-7,10H,3-4,9H2,1-2H3,(H,11,12). The molecule has 0 aromatic heterocycles. The van der Waals surface area contributed by atoms with Crippen molar-refractivity contribution in [2.75, 3.05) is 13.1 Å². The number of nitrogens with two attached hydrogens (primary N) is 1. The molecule has 1 heterocycles. The van der Waals surface area contributed by atoms with Crippen LogP contribution in [0.15, 0.2) is 0 Å². The van der Waals surface area contributed by atoms with Gasteiger partial charge >= 0.3 is 0 Å². The van der Waals surface area contributed by atoms with Gasteiger partial charge in [-0.2, -0.15) is 0 Å². The van der Waals surface area contributed by atoms with Crippen LogP contribution in [0.25, 0.3) is 0 Å². The summed E-state index contributed by atoms with van der Waals surface area (Å²) in [6, 6.07) is -0.0760. The first-order chi connectivity index (χ1) is 5.61. The Labute approximate surface area is 72.9 Å². The van der Waals surface area contributed by atoms with Crippen LogP contribution in [-0.2, 0) is 4.79 Å². The smallest absolute Gasteiger partial charge is 0.237 e. The zero-order valence-corrected chi connectivity index (χ0v) is 7.63. The summed E-state index contributed by atoms with van der Waals surface area (Å²) in [5.41, 5.74) is 5.65. The molecule has 0 saturated carbocycles. The maximum Gasteiger partial charge on any atom is 0.237 e. The fraction of sp³-hybridized carbons (Fsp3) is 0.875. The molecule has 12 heavy (non-hydrogen) atoms. The highest BCUT2D eigenvalue weighted by Crippen LogP contribution is 1.99. The van der Waals surface area contributed by atoms with E-state index in [4.69, 9.17) is 5.73 Å². The number of carbonyl (C=O) groups is 1. The van der Waals surface area contributed by atoms with E-state index in [2.05, 4.69) is 10.6 Å². The number of amides is 1. The highest BCUT2D eigenvalue weighted by molar-refractivity contribution is 5.82. The molecule has 1 unspecified atom stereocenters. The van der Waals surface area contributed by atoms with Gasteiger partial charge in [-0.25, -0.2) is 0 Å². The lowest BCUT2D eigenvalue weighted by atomic mass is 10.0. The molecule has 0 aliphatic carbocycles. The van der Waals surface area contributed by atoms with Gasteiger partial charge in [0, 0.05) is 13.1 Å². The average molecular weight is 171 g/mol. The number of carbonyl (C=O) groups excluding carboxylic acids is 1. The van der Waals surface area contributed by atoms with E-state index >= 15 is 0 Å². The Bertz CT molecular complexity index is 166. The normalized spacial score (nSPS) is 20.3. The number of hydrogen-bond acceptors (Lipinski definition) is 3. The Hall–Kier alpha value is -0.610. The van der Waals surface area contributed by atoms with Gasteiger partial charge in [0.2, 0.25) is 5.91 Å². The first-order valence-corrected chi connectivity index (χ1v) is 4.38. The van der Waals surface area contributed by atoms with E-state index < -0.39 is 0 Å². The third kappa shape index (κ3) is 2.19. The lowest BCUT2D eigenvalue weighted by molar-refractivity contribution is -0.124. The lowest BCUT2D eigenvalue weighted by Crippen LogP contribution is -2.60. The molecule has 1 rings (SSSR count). The minimum absolute atomic E-state index is 0.0310. The monoisotopic (exact) mass is 171 g/mol. The van der Waals surface area contributed by atoms with Gasteiger partial charge in [-0.3, -0.25) is 4.79 Å². The summed E-state index contributed by atoms with van der Waals surface area (Å²) < 4.78 is 0. The van der Waals surface area contributed by atoms with Crippen LogP contribution in [0.3, 0.4) is 0 Å². The molecule has 4 N–H and O–H groups in total. The van der Waals surface area contributed by atoms with Crippen molar-refractivity contribution in [1.29, 1.82) is 0 Å². The van der Waals surface area contributed by atoms with Gasteiger partial charge in [0.25, 0.3) is 0 Å². The van der Waals surface area contributed by atoms with Crippen molar-refractivity contribution in [3.05, 3.63) is 0 Å². The Kier molecular flexibility index (Phi) is 3.05. The highest BCUT2D eigenvalue weighted by Gasteiger charge is 2.23. The number of rotatable bonds is 3. The van der Waals surface area contributed by atoms with Crippen LogP contribution in [0.5, 0.6) is 0 Å². The quantitative estimate of drug-likeness (QED) is 0.513. The van der Waals surface area contributed by atoms with Crippen molar-refractivity contribution in [1.82, 2.24) is 10.6 Å². The van der Waals surface area contributed by atoms with Crippen LogP contribution < -0.4 is 16.4 Å². The third-order valence-corrected chi connectivity index (χ3v) is 2.15. The summed E-state index contributed by atoms with van der Waals surface area (Å²) in [7, 11) is 0. The zero-order chi connectivity index (χ0) is 9.14. The van der Waals surface area contributed by atoms with Crippen molar-refractivity contribution in [3.8, 4) is 0 Å². The average Bonchev–Trinajstić information content (AvgIpc) is 1.94. The van der Waals surface area contributed by atoms with Crippen molar-refractivity contribution in [3.63, 3.8) is 0 Å². The molecule has 4 heteroatoms. The second-order valence-electron chi connectivity index (χ2n) is 3.63. The molecular weight excluding hydrogens is 154 g/mol. The SMILES string of the molecule is CC(C)C(N)C(=O)NC1CNC1. The second-order valence-corrected chi connectivity index (χ2v) is 3.63. The summed E-state index contributed by atoms with van der Waals surface area (Å²) in [5, 5.41) is 5.95. The van der Waals surface area contributed by atoms with Gasteiger partial charge in [-0.05, 0) is 5.92 Å². The number of nitrogens with one attached hydrogen (secondary N) is 2. The molecule has 70 valence electrons. The first-order valence-electron chi connectivity index (χ1n) is 4.38. The maximum absolute atomic E-state index is 11.3. The van der Waals surface area contributed by atoms with Crippen LogP contribution in [0.2, 0.25) is 0 Å². The zero-order valence-electron chi connectivity index (χ0n) is 7.63. The van der Waals surface area contributed by atoms with Crippen molar-refractivity contribution < 1.29 is 4.79 Å². The molecule has 4 nitrogen and oxygen atoms in total. The van der Waals surface area contributed by atoms with Gasteiger partial charge in [0.1, 0.15) is 0 Å². The van der Waals surface area contributed by atoms with E-state index in [0.717, 1.165) is 13.1 Å². The van der Waals surface area contributed by atoms with Crippen LogP contribution in [-0.4, -0.2) is 31.1 Å². The van der Waals surface area contributed by atoms with E-state index in [1.807, 2.05) is 13.8 Å². The number of hydrogen-bond donors (Lipinski definition) is 3. The van der Waals surface area contributed by atoms with E-state index in [1.54, 1.807) is 0 Å². The van der Waals surface area contributed by atoms with Crippen LogP contribution in [0, 0.1) is 5.92 Å². The maximum atomic E-state index is 11.3. The van der Waals surface area contributed by atoms with Gasteiger partial charge < -0.3 is 16.4 Å². The lowest BCUT2D eigenvalue weighted by Gasteiger charge is -2.29. The van der Waals surface area contributed by atoms with Crippen LogP contribution in [0.1, 0.15) is 13.8 Å². The Morgan fingerprint density at radius 3 is 2.50 bits per heavy atom. The Morgan fingerprint density at radius 2 is 2.17 bits per heavy atom. The highest BCUT2D eigenvalue weighted by atomic mass is 16.2. The minimum atomic E-state index is -0.370. The molecular formula is C8H17N3O. The predicted molar refractivity (Wildman–Crippen MR) is 47.6 cm³/mol. The summed E-state index contributed by atoms with van der Waals surface area (Å²) in [5.74, 6) is 0.175. The van der Waals surface area contributed by atoms with Gasteiger partial charge in [0.05, 0.1) is 12.1 Å². The fourth-order valence-electron chi connectivity index (χ4n) is 0.991. The fourth-order valence-corrected chi connectivity index (χ4v) is 0.991. The molecule has 1 atom stereocenters. The summed E-state index contributed by atoms with van der Waals surface area (Å²) in [6.45, 7) is 5.64. The molecule has 0 aromatic rings.